The summed E-state index contributed by atoms with van der Waals surface area (Å²) in [6.07, 6.45) is 7.33. The van der Waals surface area contributed by atoms with Gasteiger partial charge in [-0.3, -0.25) is 0 Å². The van der Waals surface area contributed by atoms with Gasteiger partial charge in [-0.05, 0) is 37.2 Å². The van der Waals surface area contributed by atoms with Gasteiger partial charge in [-0.2, -0.15) is 0 Å². The van der Waals surface area contributed by atoms with Crippen molar-refractivity contribution < 1.29 is 9.47 Å². The molecule has 0 saturated carbocycles. The van der Waals surface area contributed by atoms with E-state index in [2.05, 4.69) is 46.9 Å². The lowest BCUT2D eigenvalue weighted by atomic mass is 9.83. The Morgan fingerprint density at radius 1 is 1.25 bits per heavy atom. The van der Waals surface area contributed by atoms with Gasteiger partial charge in [0.15, 0.2) is 5.79 Å². The molecule has 0 unspecified atom stereocenters. The Bertz CT molecular complexity index is 434. The lowest BCUT2D eigenvalue weighted by Crippen LogP contribution is -2.46. The summed E-state index contributed by atoms with van der Waals surface area (Å²) in [7, 11) is 0. The second-order valence-corrected chi connectivity index (χ2v) is 7.55. The molecule has 0 radical (unpaired) electrons. The maximum Gasteiger partial charge on any atom is 0.187 e. The second kappa shape index (κ2) is 5.16. The van der Waals surface area contributed by atoms with Crippen LogP contribution in [0.15, 0.2) is 36.5 Å². The summed E-state index contributed by atoms with van der Waals surface area (Å²) in [6.45, 7) is 18.0. The lowest BCUT2D eigenvalue weighted by molar-refractivity contribution is -0.268. The molecule has 1 saturated heterocycles. The van der Waals surface area contributed by atoms with Gasteiger partial charge in [0, 0.05) is 5.41 Å². The first-order valence-corrected chi connectivity index (χ1v) is 7.48. The Hall–Kier alpha value is -0.860. The van der Waals surface area contributed by atoms with E-state index in [4.69, 9.17) is 9.47 Å². The van der Waals surface area contributed by atoms with E-state index in [0.717, 1.165) is 38.0 Å². The second-order valence-electron chi connectivity index (χ2n) is 7.55. The highest BCUT2D eigenvalue weighted by atomic mass is 16.7. The van der Waals surface area contributed by atoms with Crippen LogP contribution in [0.25, 0.3) is 0 Å². The molecule has 1 fully saturated rings. The minimum atomic E-state index is -0.539. The highest BCUT2D eigenvalue weighted by Gasteiger charge is 2.43. The summed E-state index contributed by atoms with van der Waals surface area (Å²) in [4.78, 5) is 0. The van der Waals surface area contributed by atoms with E-state index >= 15 is 0 Å². The molecule has 1 aliphatic carbocycles. The molecule has 2 heteroatoms. The van der Waals surface area contributed by atoms with Crippen molar-refractivity contribution in [3.8, 4) is 0 Å². The molecule has 0 amide bonds. The largest absolute Gasteiger partial charge is 0.346 e. The topological polar surface area (TPSA) is 18.5 Å². The predicted molar refractivity (Wildman–Crippen MR) is 83.5 cm³/mol. The van der Waals surface area contributed by atoms with E-state index in [0.29, 0.717) is 0 Å². The third kappa shape index (κ3) is 3.24. The fraction of sp³-hybridized carbons (Fsp3) is 0.667. The van der Waals surface area contributed by atoms with Crippen LogP contribution in [0.5, 0.6) is 0 Å². The van der Waals surface area contributed by atoms with Crippen molar-refractivity contribution in [3.63, 3.8) is 0 Å². The van der Waals surface area contributed by atoms with Crippen LogP contribution >= 0.6 is 0 Å². The van der Waals surface area contributed by atoms with Gasteiger partial charge in [-0.1, -0.05) is 51.7 Å². The van der Waals surface area contributed by atoms with Crippen LogP contribution in [0.3, 0.4) is 0 Å². The van der Waals surface area contributed by atoms with Crippen molar-refractivity contribution >= 4 is 0 Å². The van der Waals surface area contributed by atoms with Crippen LogP contribution in [-0.4, -0.2) is 19.0 Å². The van der Waals surface area contributed by atoms with Gasteiger partial charge >= 0.3 is 0 Å². The fourth-order valence-electron chi connectivity index (χ4n) is 3.01. The molecule has 0 N–H and O–H groups in total. The zero-order valence-corrected chi connectivity index (χ0v) is 13.4. The van der Waals surface area contributed by atoms with Crippen LogP contribution in [0.1, 0.15) is 47.0 Å². The van der Waals surface area contributed by atoms with Crippen molar-refractivity contribution in [2.24, 2.45) is 10.8 Å². The summed E-state index contributed by atoms with van der Waals surface area (Å²) in [5, 5.41) is 0. The predicted octanol–water partition coefficient (Wildman–Crippen LogP) is 4.63. The molecule has 20 heavy (non-hydrogen) atoms. The van der Waals surface area contributed by atoms with E-state index in [9.17, 15) is 0 Å². The molecule has 2 aliphatic rings. The summed E-state index contributed by atoms with van der Waals surface area (Å²) in [5.74, 6) is -0.539. The fourth-order valence-corrected chi connectivity index (χ4v) is 3.01. The van der Waals surface area contributed by atoms with Gasteiger partial charge in [-0.25, -0.2) is 0 Å². The molecule has 2 nitrogen and oxygen atoms in total. The molecular formula is C18H28O2. The van der Waals surface area contributed by atoms with E-state index in [1.165, 1.54) is 5.57 Å². The molecule has 1 aliphatic heterocycles. The Kier molecular flexibility index (Phi) is 4.01. The Morgan fingerprint density at radius 2 is 1.85 bits per heavy atom. The van der Waals surface area contributed by atoms with Gasteiger partial charge < -0.3 is 9.47 Å². The normalized spacial score (nSPS) is 31.7. The van der Waals surface area contributed by atoms with Gasteiger partial charge in [0.1, 0.15) is 0 Å². The molecule has 1 heterocycles. The van der Waals surface area contributed by atoms with Crippen LogP contribution in [-0.2, 0) is 9.47 Å². The molecule has 112 valence electrons. The maximum absolute atomic E-state index is 6.06. The molecule has 0 spiro atoms. The quantitative estimate of drug-likeness (QED) is 0.550. The first kappa shape index (κ1) is 15.5. The lowest BCUT2D eigenvalue weighted by Gasteiger charge is -2.42. The monoisotopic (exact) mass is 276 g/mol. The van der Waals surface area contributed by atoms with Gasteiger partial charge in [0.25, 0.3) is 0 Å². The standard InChI is InChI=1S/C18H28O2/c1-7-14(2)10-17(5)9-8-15(11-17)18(6)19-12-16(3,4)13-20-18/h7,11H,1-2,8-10,12-13H2,3-6H3/t17-/m0/s1. The van der Waals surface area contributed by atoms with Crippen LogP contribution in [0, 0.1) is 10.8 Å². The summed E-state index contributed by atoms with van der Waals surface area (Å²) in [6, 6.07) is 0. The SMILES string of the molecule is C=CC(=C)C[C@@]1(C)C=C(C2(C)OCC(C)(C)CO2)CC1. The summed E-state index contributed by atoms with van der Waals surface area (Å²) < 4.78 is 12.1. The van der Waals surface area contributed by atoms with Gasteiger partial charge in [-0.15, -0.1) is 0 Å². The Labute approximate surface area is 123 Å². The minimum Gasteiger partial charge on any atom is -0.346 e. The van der Waals surface area contributed by atoms with Crippen molar-refractivity contribution in [1.82, 2.24) is 0 Å². The van der Waals surface area contributed by atoms with Crippen molar-refractivity contribution in [2.45, 2.75) is 52.7 Å². The maximum atomic E-state index is 6.06. The van der Waals surface area contributed by atoms with E-state index in [1.54, 1.807) is 0 Å². The third-order valence-corrected chi connectivity index (χ3v) is 4.47. The molecule has 0 aromatic heterocycles. The first-order valence-electron chi connectivity index (χ1n) is 7.48. The van der Waals surface area contributed by atoms with Gasteiger partial charge in [0.2, 0.25) is 0 Å². The zero-order valence-electron chi connectivity index (χ0n) is 13.4. The number of ether oxygens (including phenoxy) is 2. The molecule has 2 rings (SSSR count). The highest BCUT2D eigenvalue weighted by molar-refractivity contribution is 5.26. The van der Waals surface area contributed by atoms with Crippen LogP contribution < -0.4 is 0 Å². The van der Waals surface area contributed by atoms with Crippen LogP contribution in [0.2, 0.25) is 0 Å². The van der Waals surface area contributed by atoms with Crippen molar-refractivity contribution in [1.29, 1.82) is 0 Å². The number of allylic oxidation sites excluding steroid dienone is 3. The molecular weight excluding hydrogens is 248 g/mol. The van der Waals surface area contributed by atoms with E-state index < -0.39 is 5.79 Å². The summed E-state index contributed by atoms with van der Waals surface area (Å²) >= 11 is 0. The highest BCUT2D eigenvalue weighted by Crippen LogP contribution is 2.46. The van der Waals surface area contributed by atoms with Gasteiger partial charge in [0.05, 0.1) is 13.2 Å². The molecule has 0 aromatic carbocycles. The molecule has 0 bridgehead atoms. The van der Waals surface area contributed by atoms with E-state index in [1.807, 2.05) is 6.08 Å². The van der Waals surface area contributed by atoms with Crippen molar-refractivity contribution in [3.05, 3.63) is 36.5 Å². The average Bonchev–Trinajstić information content (AvgIpc) is 2.76. The van der Waals surface area contributed by atoms with Crippen LogP contribution in [0.4, 0.5) is 0 Å². The minimum absolute atomic E-state index is 0.110. The molecule has 1 atom stereocenters. The van der Waals surface area contributed by atoms with E-state index in [-0.39, 0.29) is 10.8 Å². The zero-order chi connectivity index (χ0) is 15.0. The Morgan fingerprint density at radius 3 is 2.40 bits per heavy atom. The Balaban J connectivity index is 2.10. The third-order valence-electron chi connectivity index (χ3n) is 4.47. The van der Waals surface area contributed by atoms with Crippen molar-refractivity contribution in [2.75, 3.05) is 13.2 Å². The number of rotatable bonds is 4. The molecule has 0 aromatic rings. The first-order chi connectivity index (χ1) is 9.18. The average molecular weight is 276 g/mol. The number of hydrogen-bond donors (Lipinski definition) is 0. The smallest absolute Gasteiger partial charge is 0.187 e. The number of hydrogen-bond acceptors (Lipinski definition) is 2. The summed E-state index contributed by atoms with van der Waals surface area (Å²) in [5.41, 5.74) is 2.65.